The first kappa shape index (κ1) is 11.2. The summed E-state index contributed by atoms with van der Waals surface area (Å²) in [5.41, 5.74) is 0. The largest absolute Gasteiger partial charge is 0.477 e. The van der Waals surface area contributed by atoms with E-state index in [2.05, 4.69) is 4.98 Å². The molecule has 0 amide bonds. The number of rotatable bonds is 4. The fourth-order valence-corrected chi connectivity index (χ4v) is 2.17. The predicted octanol–water partition coefficient (Wildman–Crippen LogP) is 0.779. The molecule has 0 bridgehead atoms. The van der Waals surface area contributed by atoms with Gasteiger partial charge in [0.05, 0.1) is 6.20 Å². The van der Waals surface area contributed by atoms with Crippen LogP contribution in [0.4, 0.5) is 5.13 Å². The topological polar surface area (TPSA) is 96.4 Å². The van der Waals surface area contributed by atoms with Crippen LogP contribution < -0.4 is 4.72 Å². The standard InChI is InChI=1S/C5H5ClN2O4S2/c6-2-14(11,12)8-5-7-1-3(13-5)4(9)10/h1H,2H2,(H,7,8)(H,9,10). The summed E-state index contributed by atoms with van der Waals surface area (Å²) < 4.78 is 23.9. The van der Waals surface area contributed by atoms with Gasteiger partial charge in [-0.25, -0.2) is 18.2 Å². The van der Waals surface area contributed by atoms with Crippen LogP contribution in [0.2, 0.25) is 0 Å². The fraction of sp³-hybridized carbons (Fsp3) is 0.200. The van der Waals surface area contributed by atoms with E-state index in [-0.39, 0.29) is 10.0 Å². The summed E-state index contributed by atoms with van der Waals surface area (Å²) in [6, 6.07) is 0. The Kier molecular flexibility index (Phi) is 3.29. The van der Waals surface area contributed by atoms with Crippen LogP contribution in [0.3, 0.4) is 0 Å². The zero-order valence-corrected chi connectivity index (χ0v) is 8.99. The van der Waals surface area contributed by atoms with E-state index in [9.17, 15) is 13.2 Å². The molecule has 1 aromatic heterocycles. The molecule has 1 rings (SSSR count). The lowest BCUT2D eigenvalue weighted by Crippen LogP contribution is -2.12. The molecule has 0 fully saturated rings. The molecule has 0 aromatic carbocycles. The third-order valence-electron chi connectivity index (χ3n) is 1.10. The Labute approximate surface area is 88.6 Å². The van der Waals surface area contributed by atoms with Gasteiger partial charge in [-0.2, -0.15) is 0 Å². The Hall–Kier alpha value is -0.860. The second kappa shape index (κ2) is 4.11. The van der Waals surface area contributed by atoms with Crippen molar-refractivity contribution in [2.75, 3.05) is 9.93 Å². The highest BCUT2D eigenvalue weighted by atomic mass is 35.5. The Balaban J connectivity index is 2.84. The molecule has 78 valence electrons. The van der Waals surface area contributed by atoms with Crippen LogP contribution in [0.25, 0.3) is 0 Å². The van der Waals surface area contributed by atoms with Crippen molar-refractivity contribution in [1.82, 2.24) is 4.98 Å². The van der Waals surface area contributed by atoms with E-state index < -0.39 is 21.2 Å². The number of nitrogens with zero attached hydrogens (tertiary/aromatic N) is 1. The average Bonchev–Trinajstić information content (AvgIpc) is 2.52. The number of thiazole rings is 1. The Morgan fingerprint density at radius 2 is 2.36 bits per heavy atom. The van der Waals surface area contributed by atoms with Gasteiger partial charge in [-0.05, 0) is 0 Å². The summed E-state index contributed by atoms with van der Waals surface area (Å²) in [6.45, 7) is 0. The molecule has 6 nitrogen and oxygen atoms in total. The van der Waals surface area contributed by atoms with Crippen molar-refractivity contribution in [2.45, 2.75) is 0 Å². The quantitative estimate of drug-likeness (QED) is 0.776. The number of sulfonamides is 1. The molecule has 0 unspecified atom stereocenters. The zero-order chi connectivity index (χ0) is 10.8. The van der Waals surface area contributed by atoms with Crippen molar-refractivity contribution in [1.29, 1.82) is 0 Å². The molecule has 0 radical (unpaired) electrons. The van der Waals surface area contributed by atoms with E-state index >= 15 is 0 Å². The van der Waals surface area contributed by atoms with Crippen molar-refractivity contribution in [2.24, 2.45) is 0 Å². The summed E-state index contributed by atoms with van der Waals surface area (Å²) >= 11 is 5.85. The van der Waals surface area contributed by atoms with Gasteiger partial charge in [-0.1, -0.05) is 11.3 Å². The number of hydrogen-bond donors (Lipinski definition) is 2. The smallest absolute Gasteiger partial charge is 0.347 e. The van der Waals surface area contributed by atoms with E-state index in [1.807, 2.05) is 4.72 Å². The Morgan fingerprint density at radius 3 is 2.79 bits per heavy atom. The molecule has 0 aliphatic heterocycles. The summed E-state index contributed by atoms with van der Waals surface area (Å²) in [6.07, 6.45) is 1.07. The van der Waals surface area contributed by atoms with Gasteiger partial charge in [0.2, 0.25) is 10.0 Å². The van der Waals surface area contributed by atoms with Gasteiger partial charge in [-0.15, -0.1) is 11.6 Å². The average molecular weight is 257 g/mol. The number of carboxylic acids is 1. The van der Waals surface area contributed by atoms with Crippen LogP contribution in [-0.4, -0.2) is 29.7 Å². The first-order valence-electron chi connectivity index (χ1n) is 3.20. The number of alkyl halides is 1. The SMILES string of the molecule is O=C(O)c1cnc(NS(=O)(=O)CCl)s1. The third kappa shape index (κ3) is 2.82. The van der Waals surface area contributed by atoms with Crippen LogP contribution in [0.15, 0.2) is 6.20 Å². The number of carboxylic acid groups (broad SMARTS) is 1. The fourth-order valence-electron chi connectivity index (χ4n) is 0.580. The number of halogens is 1. The molecule has 0 aliphatic rings. The monoisotopic (exact) mass is 256 g/mol. The number of aromatic carboxylic acids is 1. The Morgan fingerprint density at radius 1 is 1.71 bits per heavy atom. The van der Waals surface area contributed by atoms with Gasteiger partial charge in [0.1, 0.15) is 10.1 Å². The van der Waals surface area contributed by atoms with Crippen LogP contribution >= 0.6 is 22.9 Å². The minimum atomic E-state index is -3.61. The van der Waals surface area contributed by atoms with Crippen LogP contribution in [0.5, 0.6) is 0 Å². The normalized spacial score (nSPS) is 11.2. The molecule has 9 heteroatoms. The molecule has 0 spiro atoms. The number of aromatic nitrogens is 1. The lowest BCUT2D eigenvalue weighted by Gasteiger charge is -1.98. The summed E-state index contributed by atoms with van der Waals surface area (Å²) in [5, 5.41) is 7.91. The number of nitrogens with one attached hydrogen (secondary N) is 1. The van der Waals surface area contributed by atoms with Gasteiger partial charge in [0.15, 0.2) is 5.13 Å². The van der Waals surface area contributed by atoms with Gasteiger partial charge >= 0.3 is 5.97 Å². The van der Waals surface area contributed by atoms with Crippen molar-refractivity contribution in [3.05, 3.63) is 11.1 Å². The highest BCUT2D eigenvalue weighted by molar-refractivity contribution is 7.94. The van der Waals surface area contributed by atoms with Crippen molar-refractivity contribution >= 4 is 44.1 Å². The van der Waals surface area contributed by atoms with Crippen molar-refractivity contribution < 1.29 is 18.3 Å². The van der Waals surface area contributed by atoms with Crippen molar-refractivity contribution in [3.8, 4) is 0 Å². The summed E-state index contributed by atoms with van der Waals surface area (Å²) in [4.78, 5) is 13.9. The molecule has 1 aromatic rings. The summed E-state index contributed by atoms with van der Waals surface area (Å²) in [5.74, 6) is -1.15. The van der Waals surface area contributed by atoms with E-state index in [4.69, 9.17) is 16.7 Å². The molecular formula is C5H5ClN2O4S2. The van der Waals surface area contributed by atoms with Gasteiger partial charge in [-0.3, -0.25) is 4.72 Å². The predicted molar refractivity (Wildman–Crippen MR) is 52.3 cm³/mol. The number of carbonyl (C=O) groups is 1. The molecule has 0 atom stereocenters. The number of anilines is 1. The molecule has 0 saturated heterocycles. The minimum Gasteiger partial charge on any atom is -0.477 e. The molecular weight excluding hydrogens is 252 g/mol. The molecule has 1 heterocycles. The van der Waals surface area contributed by atoms with Gasteiger partial charge in [0.25, 0.3) is 0 Å². The molecule has 0 saturated carbocycles. The maximum atomic E-state index is 10.9. The minimum absolute atomic E-state index is 0.0111. The molecule has 2 N–H and O–H groups in total. The zero-order valence-electron chi connectivity index (χ0n) is 6.60. The maximum absolute atomic E-state index is 10.9. The van der Waals surface area contributed by atoms with Crippen LogP contribution in [0, 0.1) is 0 Å². The van der Waals surface area contributed by atoms with Crippen LogP contribution in [0.1, 0.15) is 9.67 Å². The van der Waals surface area contributed by atoms with E-state index in [0.717, 1.165) is 17.5 Å². The second-order valence-corrected chi connectivity index (χ2v) is 5.50. The lowest BCUT2D eigenvalue weighted by molar-refractivity contribution is 0.0702. The lowest BCUT2D eigenvalue weighted by atomic mass is 10.6. The second-order valence-electron chi connectivity index (χ2n) is 2.16. The van der Waals surface area contributed by atoms with Gasteiger partial charge in [0, 0.05) is 0 Å². The summed E-state index contributed by atoms with van der Waals surface area (Å²) in [7, 11) is -3.61. The molecule has 0 aliphatic carbocycles. The third-order valence-corrected chi connectivity index (χ3v) is 3.79. The highest BCUT2D eigenvalue weighted by Gasteiger charge is 2.13. The van der Waals surface area contributed by atoms with E-state index in [1.165, 1.54) is 0 Å². The van der Waals surface area contributed by atoms with Crippen LogP contribution in [-0.2, 0) is 10.0 Å². The Bertz CT molecular complexity index is 440. The van der Waals surface area contributed by atoms with E-state index in [1.54, 1.807) is 0 Å². The highest BCUT2D eigenvalue weighted by Crippen LogP contribution is 2.19. The van der Waals surface area contributed by atoms with Crippen molar-refractivity contribution in [3.63, 3.8) is 0 Å². The number of hydrogen-bond acceptors (Lipinski definition) is 5. The van der Waals surface area contributed by atoms with Gasteiger partial charge < -0.3 is 5.11 Å². The van der Waals surface area contributed by atoms with E-state index in [0.29, 0.717) is 0 Å². The maximum Gasteiger partial charge on any atom is 0.347 e. The first-order chi connectivity index (χ1) is 6.44. The first-order valence-corrected chi connectivity index (χ1v) is 6.20. The molecule has 14 heavy (non-hydrogen) atoms.